The molecule has 1 aliphatic heterocycles. The second kappa shape index (κ2) is 14.1. The van der Waals surface area contributed by atoms with Crippen LogP contribution in [0.2, 0.25) is 0 Å². The fourth-order valence-corrected chi connectivity index (χ4v) is 4.86. The molecule has 13 heteroatoms. The SMILES string of the molecule is Cc1onc(-c2ccccc2)c1C(=O)N[C@H]1CCCCNC(=O)c2coc(n2)[C@H](CC(C)C)NC(=O)[C@H]([C@@H](C)O)NC1=O. The Hall–Kier alpha value is -4.52. The van der Waals surface area contributed by atoms with E-state index in [1.54, 1.807) is 19.1 Å². The molecule has 3 heterocycles. The lowest BCUT2D eigenvalue weighted by atomic mass is 10.0. The predicted molar refractivity (Wildman–Crippen MR) is 155 cm³/mol. The standard InChI is InChI=1S/C30H38N6O7/c1-16(2)14-21-30-34-22(15-42-30)26(38)31-13-9-8-12-20(27(39)35-24(17(3)37)29(41)33-21)32-28(40)23-18(4)43-36-25(23)19-10-6-5-7-11-19/h5-7,10-11,15-17,20-21,24,37H,8-9,12-14H2,1-4H3,(H,31,38)(H,32,40)(H,33,41)(H,35,39)/t17-,20+,21+,24+/m1/s1. The molecule has 0 saturated heterocycles. The van der Waals surface area contributed by atoms with Crippen molar-refractivity contribution in [2.24, 2.45) is 5.92 Å². The maximum atomic E-state index is 13.6. The van der Waals surface area contributed by atoms with Crippen molar-refractivity contribution in [2.45, 2.75) is 77.6 Å². The van der Waals surface area contributed by atoms with Crippen molar-refractivity contribution in [1.29, 1.82) is 0 Å². The van der Waals surface area contributed by atoms with E-state index in [0.29, 0.717) is 37.1 Å². The van der Waals surface area contributed by atoms with E-state index in [0.717, 1.165) is 0 Å². The van der Waals surface area contributed by atoms with Crippen LogP contribution in [-0.2, 0) is 9.59 Å². The van der Waals surface area contributed by atoms with Crippen LogP contribution in [0.3, 0.4) is 0 Å². The van der Waals surface area contributed by atoms with Gasteiger partial charge >= 0.3 is 0 Å². The summed E-state index contributed by atoms with van der Waals surface area (Å²) in [4.78, 5) is 57.4. The Morgan fingerprint density at radius 2 is 1.84 bits per heavy atom. The zero-order valence-electron chi connectivity index (χ0n) is 24.7. The Balaban J connectivity index is 1.60. The van der Waals surface area contributed by atoms with Crippen LogP contribution in [0.1, 0.15) is 85.0 Å². The average molecular weight is 595 g/mol. The molecule has 5 N–H and O–H groups in total. The van der Waals surface area contributed by atoms with Gasteiger partial charge < -0.3 is 35.3 Å². The second-order valence-corrected chi connectivity index (χ2v) is 11.1. The summed E-state index contributed by atoms with van der Waals surface area (Å²) in [6.45, 7) is 7.18. The first-order chi connectivity index (χ1) is 20.5. The van der Waals surface area contributed by atoms with Crippen molar-refractivity contribution in [3.8, 4) is 11.3 Å². The lowest BCUT2D eigenvalue weighted by Crippen LogP contribution is -2.57. The molecular formula is C30H38N6O7. The van der Waals surface area contributed by atoms with Crippen molar-refractivity contribution in [3.05, 3.63) is 59.5 Å². The number of nitrogens with zero attached hydrogens (tertiary/aromatic N) is 2. The molecule has 0 radical (unpaired) electrons. The number of aliphatic hydroxyl groups is 1. The van der Waals surface area contributed by atoms with Crippen molar-refractivity contribution in [3.63, 3.8) is 0 Å². The van der Waals surface area contributed by atoms with Gasteiger partial charge in [0.05, 0.1) is 6.10 Å². The Morgan fingerprint density at radius 3 is 2.53 bits per heavy atom. The summed E-state index contributed by atoms with van der Waals surface area (Å²) in [6, 6.07) is 5.90. The summed E-state index contributed by atoms with van der Waals surface area (Å²) in [5, 5.41) is 25.5. The van der Waals surface area contributed by atoms with Gasteiger partial charge in [0.2, 0.25) is 17.7 Å². The fraction of sp³-hybridized carbons (Fsp3) is 0.467. The van der Waals surface area contributed by atoms with E-state index in [1.807, 2.05) is 32.0 Å². The molecule has 43 heavy (non-hydrogen) atoms. The van der Waals surface area contributed by atoms with Crippen LogP contribution in [0.4, 0.5) is 0 Å². The number of aliphatic hydroxyl groups excluding tert-OH is 1. The van der Waals surface area contributed by atoms with Crippen molar-refractivity contribution in [2.75, 3.05) is 6.54 Å². The summed E-state index contributed by atoms with van der Waals surface area (Å²) in [5.41, 5.74) is 1.26. The molecule has 230 valence electrons. The number of carbonyl (C=O) groups is 4. The van der Waals surface area contributed by atoms with Crippen molar-refractivity contribution >= 4 is 23.6 Å². The third-order valence-electron chi connectivity index (χ3n) is 7.10. The van der Waals surface area contributed by atoms with Gasteiger partial charge in [-0.25, -0.2) is 4.98 Å². The zero-order chi connectivity index (χ0) is 31.1. The number of oxazole rings is 1. The molecule has 4 atom stereocenters. The van der Waals surface area contributed by atoms with E-state index in [9.17, 15) is 24.3 Å². The molecule has 1 aliphatic rings. The molecule has 4 amide bonds. The van der Waals surface area contributed by atoms with Gasteiger partial charge in [0, 0.05) is 12.1 Å². The van der Waals surface area contributed by atoms with Crippen LogP contribution in [0.15, 0.2) is 45.5 Å². The highest BCUT2D eigenvalue weighted by Gasteiger charge is 2.33. The summed E-state index contributed by atoms with van der Waals surface area (Å²) in [7, 11) is 0. The van der Waals surface area contributed by atoms with E-state index in [2.05, 4.69) is 31.4 Å². The Kier molecular flexibility index (Phi) is 10.3. The summed E-state index contributed by atoms with van der Waals surface area (Å²) < 4.78 is 10.9. The predicted octanol–water partition coefficient (Wildman–Crippen LogP) is 2.42. The van der Waals surface area contributed by atoms with Crippen LogP contribution in [-0.4, -0.2) is 63.6 Å². The maximum absolute atomic E-state index is 13.6. The number of carbonyl (C=O) groups excluding carboxylic acids is 4. The Morgan fingerprint density at radius 1 is 1.09 bits per heavy atom. The van der Waals surface area contributed by atoms with E-state index in [4.69, 9.17) is 8.94 Å². The smallest absolute Gasteiger partial charge is 0.273 e. The van der Waals surface area contributed by atoms with Gasteiger partial charge in [-0.05, 0) is 45.4 Å². The number of hydrogen-bond donors (Lipinski definition) is 5. The first-order valence-corrected chi connectivity index (χ1v) is 14.4. The number of benzene rings is 1. The highest BCUT2D eigenvalue weighted by Crippen LogP contribution is 2.25. The molecule has 1 aromatic carbocycles. The number of hydrogen-bond acceptors (Lipinski definition) is 9. The molecule has 0 unspecified atom stereocenters. The average Bonchev–Trinajstić information content (AvgIpc) is 3.61. The van der Waals surface area contributed by atoms with Gasteiger partial charge in [-0.3, -0.25) is 19.2 Å². The fourth-order valence-electron chi connectivity index (χ4n) is 4.86. The third-order valence-corrected chi connectivity index (χ3v) is 7.10. The first kappa shape index (κ1) is 31.4. The van der Waals surface area contributed by atoms with Gasteiger partial charge in [-0.2, -0.15) is 0 Å². The first-order valence-electron chi connectivity index (χ1n) is 14.4. The van der Waals surface area contributed by atoms with Crippen LogP contribution in [0.5, 0.6) is 0 Å². The van der Waals surface area contributed by atoms with Gasteiger partial charge in [-0.1, -0.05) is 49.3 Å². The van der Waals surface area contributed by atoms with E-state index in [1.165, 1.54) is 13.2 Å². The molecule has 0 spiro atoms. The van der Waals surface area contributed by atoms with E-state index < -0.39 is 47.9 Å². The minimum atomic E-state index is -1.34. The van der Waals surface area contributed by atoms with Crippen LogP contribution < -0.4 is 21.3 Å². The highest BCUT2D eigenvalue weighted by atomic mass is 16.5. The van der Waals surface area contributed by atoms with Gasteiger partial charge in [0.1, 0.15) is 41.4 Å². The number of aromatic nitrogens is 2. The molecule has 0 fully saturated rings. The lowest BCUT2D eigenvalue weighted by molar-refractivity contribution is -0.133. The number of amides is 4. The Bertz CT molecular complexity index is 1430. The molecule has 2 aromatic heterocycles. The van der Waals surface area contributed by atoms with Crippen LogP contribution in [0.25, 0.3) is 11.3 Å². The van der Waals surface area contributed by atoms with Gasteiger partial charge in [-0.15, -0.1) is 0 Å². The Labute approximate surface area is 249 Å². The molecule has 3 aromatic rings. The van der Waals surface area contributed by atoms with Gasteiger partial charge in [0.25, 0.3) is 11.8 Å². The topological polar surface area (TPSA) is 189 Å². The molecule has 0 aliphatic carbocycles. The van der Waals surface area contributed by atoms with Crippen molar-refractivity contribution in [1.82, 2.24) is 31.4 Å². The quantitative estimate of drug-likeness (QED) is 0.285. The lowest BCUT2D eigenvalue weighted by Gasteiger charge is -2.27. The van der Waals surface area contributed by atoms with Crippen LogP contribution >= 0.6 is 0 Å². The summed E-state index contributed by atoms with van der Waals surface area (Å²) in [5.74, 6) is -1.80. The van der Waals surface area contributed by atoms with E-state index >= 15 is 0 Å². The minimum Gasteiger partial charge on any atom is -0.446 e. The number of rotatable bonds is 6. The monoisotopic (exact) mass is 594 g/mol. The molecular weight excluding hydrogens is 556 g/mol. The van der Waals surface area contributed by atoms with Crippen molar-refractivity contribution < 1.29 is 33.2 Å². The summed E-state index contributed by atoms with van der Waals surface area (Å²) in [6.07, 6.45) is 1.52. The molecule has 0 saturated carbocycles. The zero-order valence-corrected chi connectivity index (χ0v) is 24.7. The maximum Gasteiger partial charge on any atom is 0.273 e. The molecule has 4 rings (SSSR count). The number of fused-ring (bicyclic) bond motifs is 2. The number of nitrogens with one attached hydrogen (secondary N) is 4. The number of aryl methyl sites for hydroxylation is 1. The molecule has 13 nitrogen and oxygen atoms in total. The second-order valence-electron chi connectivity index (χ2n) is 11.1. The highest BCUT2D eigenvalue weighted by molar-refractivity contribution is 6.03. The van der Waals surface area contributed by atoms with E-state index in [-0.39, 0.29) is 35.2 Å². The van der Waals surface area contributed by atoms with Gasteiger partial charge in [0.15, 0.2) is 5.69 Å². The van der Waals surface area contributed by atoms with Crippen LogP contribution in [0, 0.1) is 12.8 Å². The molecule has 2 bridgehead atoms. The largest absolute Gasteiger partial charge is 0.446 e. The normalized spacial score (nSPS) is 21.1. The third kappa shape index (κ3) is 7.86. The minimum absolute atomic E-state index is 0.0777. The summed E-state index contributed by atoms with van der Waals surface area (Å²) >= 11 is 0.